The summed E-state index contributed by atoms with van der Waals surface area (Å²) >= 11 is 1.40. The number of methoxy groups -OCH3 is 1. The smallest absolute Gasteiger partial charge is 0.220 e. The summed E-state index contributed by atoms with van der Waals surface area (Å²) in [5.41, 5.74) is 0.910. The van der Waals surface area contributed by atoms with Gasteiger partial charge < -0.3 is 10.1 Å². The van der Waals surface area contributed by atoms with Crippen LogP contribution in [-0.4, -0.2) is 42.8 Å². The van der Waals surface area contributed by atoms with Gasteiger partial charge in [-0.3, -0.25) is 14.5 Å². The minimum atomic E-state index is -0.348. The van der Waals surface area contributed by atoms with Crippen LogP contribution in [0.2, 0.25) is 0 Å². The molecule has 1 saturated heterocycles. The summed E-state index contributed by atoms with van der Waals surface area (Å²) in [4.78, 5) is 27.1. The van der Waals surface area contributed by atoms with Crippen molar-refractivity contribution < 1.29 is 18.7 Å². The minimum absolute atomic E-state index is 0.0201. The lowest BCUT2D eigenvalue weighted by atomic mass is 10.0. The Kier molecular flexibility index (Phi) is 7.17. The molecule has 1 aliphatic rings. The van der Waals surface area contributed by atoms with Crippen LogP contribution >= 0.6 is 11.3 Å². The molecule has 0 radical (unpaired) electrons. The number of hydrogen-bond acceptors (Lipinski definition) is 5. The highest BCUT2D eigenvalue weighted by Gasteiger charge is 2.21. The summed E-state index contributed by atoms with van der Waals surface area (Å²) in [5.74, 6) is -0.144. The maximum atomic E-state index is 13.8. The van der Waals surface area contributed by atoms with Crippen molar-refractivity contribution in [1.29, 1.82) is 0 Å². The Balaban J connectivity index is 1.38. The fourth-order valence-corrected chi connectivity index (χ4v) is 4.08. The Labute approximate surface area is 168 Å². The molecule has 28 heavy (non-hydrogen) atoms. The number of carbonyl (C=O) groups is 2. The first-order valence-electron chi connectivity index (χ1n) is 9.46. The minimum Gasteiger partial charge on any atom is -0.494 e. The largest absolute Gasteiger partial charge is 0.494 e. The van der Waals surface area contributed by atoms with Gasteiger partial charge in [0.15, 0.2) is 17.3 Å². The number of benzene rings is 1. The molecular formula is C21H25FN2O3S. The Morgan fingerprint density at radius 2 is 2.04 bits per heavy atom. The molecule has 2 heterocycles. The van der Waals surface area contributed by atoms with Crippen molar-refractivity contribution in [2.24, 2.45) is 0 Å². The molecule has 0 bridgehead atoms. The first-order valence-corrected chi connectivity index (χ1v) is 10.3. The van der Waals surface area contributed by atoms with E-state index in [-0.39, 0.29) is 42.1 Å². The maximum absolute atomic E-state index is 13.8. The second-order valence-corrected chi connectivity index (χ2v) is 7.94. The molecule has 1 aromatic heterocycles. The van der Waals surface area contributed by atoms with Crippen molar-refractivity contribution in [2.75, 3.05) is 20.2 Å². The predicted octanol–water partition coefficient (Wildman–Crippen LogP) is 3.64. The third-order valence-corrected chi connectivity index (χ3v) is 5.86. The summed E-state index contributed by atoms with van der Waals surface area (Å²) in [5, 5.41) is 4.90. The summed E-state index contributed by atoms with van der Waals surface area (Å²) in [6.45, 7) is 2.36. The molecule has 0 unspecified atom stereocenters. The van der Waals surface area contributed by atoms with E-state index < -0.39 is 0 Å². The number of halogens is 1. The average molecular weight is 405 g/mol. The quantitative estimate of drug-likeness (QED) is 0.683. The third kappa shape index (κ3) is 5.62. The highest BCUT2D eigenvalue weighted by Crippen LogP contribution is 2.20. The molecule has 0 aliphatic carbocycles. The number of Topliss-reactive ketones (excluding diaryl/α,β-unsaturated/α-hetero) is 1. The predicted molar refractivity (Wildman–Crippen MR) is 107 cm³/mol. The summed E-state index contributed by atoms with van der Waals surface area (Å²) in [6.07, 6.45) is 2.17. The van der Waals surface area contributed by atoms with E-state index in [2.05, 4.69) is 10.2 Å². The first kappa shape index (κ1) is 20.5. The SMILES string of the molecule is COc1ccc(CN2CCC(NC(=O)CCC(=O)c3cccs3)CC2)cc1F. The van der Waals surface area contributed by atoms with Crippen LogP contribution in [0.4, 0.5) is 4.39 Å². The number of ether oxygens (including phenoxy) is 1. The zero-order valence-corrected chi connectivity index (χ0v) is 16.8. The summed E-state index contributed by atoms with van der Waals surface area (Å²) < 4.78 is 18.8. The second-order valence-electron chi connectivity index (χ2n) is 6.99. The van der Waals surface area contributed by atoms with E-state index in [4.69, 9.17) is 4.74 Å². The van der Waals surface area contributed by atoms with Crippen LogP contribution in [0.3, 0.4) is 0 Å². The number of hydrogen-bond donors (Lipinski definition) is 1. The van der Waals surface area contributed by atoms with Crippen molar-refractivity contribution in [1.82, 2.24) is 10.2 Å². The van der Waals surface area contributed by atoms with Gasteiger partial charge in [-0.2, -0.15) is 0 Å². The van der Waals surface area contributed by atoms with E-state index in [9.17, 15) is 14.0 Å². The van der Waals surface area contributed by atoms with Crippen LogP contribution in [0.15, 0.2) is 35.7 Å². The summed E-state index contributed by atoms with van der Waals surface area (Å²) in [6, 6.07) is 8.79. The molecular weight excluding hydrogens is 379 g/mol. The van der Waals surface area contributed by atoms with E-state index >= 15 is 0 Å². The van der Waals surface area contributed by atoms with Crippen molar-refractivity contribution in [2.45, 2.75) is 38.3 Å². The molecule has 7 heteroatoms. The van der Waals surface area contributed by atoms with Crippen LogP contribution in [0, 0.1) is 5.82 Å². The number of piperidine rings is 1. The van der Waals surface area contributed by atoms with Gasteiger partial charge in [0.05, 0.1) is 12.0 Å². The maximum Gasteiger partial charge on any atom is 0.220 e. The topological polar surface area (TPSA) is 58.6 Å². The van der Waals surface area contributed by atoms with Crippen LogP contribution in [0.1, 0.15) is 40.9 Å². The molecule has 0 spiro atoms. The molecule has 1 aliphatic heterocycles. The lowest BCUT2D eigenvalue weighted by Gasteiger charge is -2.32. The second kappa shape index (κ2) is 9.80. The van der Waals surface area contributed by atoms with Gasteiger partial charge in [-0.15, -0.1) is 11.3 Å². The first-order chi connectivity index (χ1) is 13.5. The third-order valence-electron chi connectivity index (χ3n) is 4.95. The van der Waals surface area contributed by atoms with Gasteiger partial charge in [0.2, 0.25) is 5.91 Å². The molecule has 1 amide bonds. The Hall–Kier alpha value is -2.25. The number of rotatable bonds is 8. The van der Waals surface area contributed by atoms with Crippen LogP contribution in [-0.2, 0) is 11.3 Å². The highest BCUT2D eigenvalue weighted by atomic mass is 32.1. The Morgan fingerprint density at radius 1 is 1.25 bits per heavy atom. The van der Waals surface area contributed by atoms with Gasteiger partial charge in [-0.05, 0) is 42.0 Å². The molecule has 3 rings (SSSR count). The zero-order valence-electron chi connectivity index (χ0n) is 15.9. The van der Waals surface area contributed by atoms with E-state index in [1.54, 1.807) is 12.1 Å². The molecule has 1 fully saturated rings. The lowest BCUT2D eigenvalue weighted by Crippen LogP contribution is -2.44. The van der Waals surface area contributed by atoms with Crippen LogP contribution in [0.5, 0.6) is 5.75 Å². The fraction of sp³-hybridized carbons (Fsp3) is 0.429. The van der Waals surface area contributed by atoms with Gasteiger partial charge in [-0.25, -0.2) is 4.39 Å². The van der Waals surface area contributed by atoms with Gasteiger partial charge >= 0.3 is 0 Å². The number of ketones is 1. The van der Waals surface area contributed by atoms with Crippen molar-refractivity contribution >= 4 is 23.0 Å². The van der Waals surface area contributed by atoms with Gasteiger partial charge in [0.25, 0.3) is 0 Å². The van der Waals surface area contributed by atoms with Crippen molar-refractivity contribution in [3.63, 3.8) is 0 Å². The highest BCUT2D eigenvalue weighted by molar-refractivity contribution is 7.12. The molecule has 0 saturated carbocycles. The van der Waals surface area contributed by atoms with E-state index in [1.807, 2.05) is 17.5 Å². The number of thiophene rings is 1. The van der Waals surface area contributed by atoms with Crippen LogP contribution < -0.4 is 10.1 Å². The zero-order chi connectivity index (χ0) is 19.9. The number of likely N-dealkylation sites (tertiary alicyclic amines) is 1. The van der Waals surface area contributed by atoms with Gasteiger partial charge in [0, 0.05) is 38.5 Å². The van der Waals surface area contributed by atoms with Gasteiger partial charge in [-0.1, -0.05) is 12.1 Å². The number of amides is 1. The van der Waals surface area contributed by atoms with E-state index in [0.717, 1.165) is 31.5 Å². The molecule has 5 nitrogen and oxygen atoms in total. The standard InChI is InChI=1S/C21H25FN2O3S/c1-27-19-6-4-15(13-17(19)22)14-24-10-8-16(9-11-24)23-21(26)7-5-18(25)20-3-2-12-28-20/h2-4,6,12-13,16H,5,7-11,14H2,1H3,(H,23,26). The van der Waals surface area contributed by atoms with Gasteiger partial charge in [0.1, 0.15) is 0 Å². The van der Waals surface area contributed by atoms with E-state index in [0.29, 0.717) is 11.4 Å². The molecule has 1 aromatic carbocycles. The number of carbonyl (C=O) groups excluding carboxylic acids is 2. The number of nitrogens with one attached hydrogen (secondary N) is 1. The average Bonchev–Trinajstić information content (AvgIpc) is 3.23. The fourth-order valence-electron chi connectivity index (χ4n) is 3.39. The molecule has 0 atom stereocenters. The van der Waals surface area contributed by atoms with E-state index in [1.165, 1.54) is 24.5 Å². The van der Waals surface area contributed by atoms with Crippen molar-refractivity contribution in [3.8, 4) is 5.75 Å². The number of nitrogens with zero attached hydrogens (tertiary/aromatic N) is 1. The molecule has 1 N–H and O–H groups in total. The lowest BCUT2D eigenvalue weighted by molar-refractivity contribution is -0.122. The monoisotopic (exact) mass is 404 g/mol. The van der Waals surface area contributed by atoms with Crippen LogP contribution in [0.25, 0.3) is 0 Å². The Bertz CT molecular complexity index is 802. The Morgan fingerprint density at radius 3 is 2.68 bits per heavy atom. The summed E-state index contributed by atoms with van der Waals surface area (Å²) in [7, 11) is 1.45. The van der Waals surface area contributed by atoms with Crippen molar-refractivity contribution in [3.05, 3.63) is 52.0 Å². The molecule has 150 valence electrons. The normalized spacial score (nSPS) is 15.4. The molecule has 2 aromatic rings.